The third-order valence-corrected chi connectivity index (χ3v) is 6.02. The Kier molecular flexibility index (Phi) is 5.67. The number of likely N-dealkylation sites (tertiary alicyclic amines) is 1. The summed E-state index contributed by atoms with van der Waals surface area (Å²) in [4.78, 5) is 24.8. The van der Waals surface area contributed by atoms with Gasteiger partial charge in [0.05, 0.1) is 11.0 Å². The molecular formula is C11H16N4O2S3. The maximum Gasteiger partial charge on any atom is 0.235 e. The third kappa shape index (κ3) is 4.35. The van der Waals surface area contributed by atoms with Crippen molar-refractivity contribution < 1.29 is 9.59 Å². The van der Waals surface area contributed by atoms with Gasteiger partial charge in [0, 0.05) is 13.1 Å². The molecular weight excluding hydrogens is 316 g/mol. The molecule has 0 bridgehead atoms. The molecule has 1 aromatic rings. The molecule has 110 valence electrons. The second-order valence-corrected chi connectivity index (χ2v) is 8.17. The number of primary amides is 1. The van der Waals surface area contributed by atoms with Crippen molar-refractivity contribution in [3.8, 4) is 0 Å². The molecule has 0 aromatic carbocycles. The zero-order valence-electron chi connectivity index (χ0n) is 11.1. The number of thioether (sulfide) groups is 2. The van der Waals surface area contributed by atoms with E-state index in [1.165, 1.54) is 34.9 Å². The van der Waals surface area contributed by atoms with E-state index in [-0.39, 0.29) is 22.8 Å². The second kappa shape index (κ2) is 7.28. The number of amides is 2. The van der Waals surface area contributed by atoms with Crippen LogP contribution in [0.1, 0.15) is 19.8 Å². The molecule has 2 heterocycles. The zero-order valence-corrected chi connectivity index (χ0v) is 13.5. The number of nitrogens with two attached hydrogens (primary N) is 1. The van der Waals surface area contributed by atoms with Gasteiger partial charge in [-0.25, -0.2) is 0 Å². The molecule has 6 nitrogen and oxygen atoms in total. The van der Waals surface area contributed by atoms with Gasteiger partial charge in [-0.1, -0.05) is 34.9 Å². The first-order chi connectivity index (χ1) is 9.56. The van der Waals surface area contributed by atoms with Crippen LogP contribution < -0.4 is 5.73 Å². The summed E-state index contributed by atoms with van der Waals surface area (Å²) in [5.74, 6) is -0.0207. The number of carbonyl (C=O) groups excluding carboxylic acids is 2. The molecule has 0 aliphatic carbocycles. The zero-order chi connectivity index (χ0) is 14.5. The molecule has 2 amide bonds. The molecule has 0 saturated carbocycles. The first-order valence-electron chi connectivity index (χ1n) is 6.26. The van der Waals surface area contributed by atoms with Gasteiger partial charge >= 0.3 is 0 Å². The Morgan fingerprint density at radius 1 is 1.35 bits per heavy atom. The van der Waals surface area contributed by atoms with Crippen molar-refractivity contribution in [3.05, 3.63) is 0 Å². The van der Waals surface area contributed by atoms with E-state index in [0.717, 1.165) is 30.3 Å². The van der Waals surface area contributed by atoms with E-state index in [1.807, 2.05) is 11.8 Å². The Morgan fingerprint density at radius 3 is 2.65 bits per heavy atom. The lowest BCUT2D eigenvalue weighted by Crippen LogP contribution is -2.33. The van der Waals surface area contributed by atoms with Crippen molar-refractivity contribution in [2.75, 3.05) is 18.8 Å². The normalized spacial score (nSPS) is 16.4. The van der Waals surface area contributed by atoms with Gasteiger partial charge in [0.25, 0.3) is 0 Å². The number of hydrogen-bond acceptors (Lipinski definition) is 7. The third-order valence-electron chi connectivity index (χ3n) is 2.77. The number of hydrogen-bond donors (Lipinski definition) is 1. The summed E-state index contributed by atoms with van der Waals surface area (Å²) < 4.78 is 1.45. The molecule has 1 aliphatic rings. The smallest absolute Gasteiger partial charge is 0.235 e. The lowest BCUT2D eigenvalue weighted by molar-refractivity contribution is -0.129. The Morgan fingerprint density at radius 2 is 2.00 bits per heavy atom. The molecule has 2 N–H and O–H groups in total. The molecule has 0 radical (unpaired) electrons. The fourth-order valence-electron chi connectivity index (χ4n) is 1.83. The molecule has 0 spiro atoms. The van der Waals surface area contributed by atoms with E-state index in [9.17, 15) is 9.59 Å². The van der Waals surface area contributed by atoms with Crippen LogP contribution in [0.5, 0.6) is 0 Å². The van der Waals surface area contributed by atoms with Crippen molar-refractivity contribution in [1.82, 2.24) is 15.1 Å². The molecule has 20 heavy (non-hydrogen) atoms. The highest BCUT2D eigenvalue weighted by molar-refractivity contribution is 8.04. The van der Waals surface area contributed by atoms with Gasteiger partial charge in [-0.2, -0.15) is 0 Å². The van der Waals surface area contributed by atoms with Crippen LogP contribution in [-0.4, -0.2) is 51.0 Å². The Balaban J connectivity index is 1.85. The number of carbonyl (C=O) groups is 2. The molecule has 1 fully saturated rings. The quantitative estimate of drug-likeness (QED) is 0.788. The van der Waals surface area contributed by atoms with Crippen molar-refractivity contribution >= 4 is 46.7 Å². The van der Waals surface area contributed by atoms with Gasteiger partial charge in [0.15, 0.2) is 8.68 Å². The summed E-state index contributed by atoms with van der Waals surface area (Å²) in [7, 11) is 0. The van der Waals surface area contributed by atoms with E-state index < -0.39 is 0 Å². The molecule has 1 atom stereocenters. The average Bonchev–Trinajstić information content (AvgIpc) is 3.06. The van der Waals surface area contributed by atoms with Crippen LogP contribution >= 0.6 is 34.9 Å². The van der Waals surface area contributed by atoms with E-state index >= 15 is 0 Å². The van der Waals surface area contributed by atoms with Gasteiger partial charge in [-0.05, 0) is 19.8 Å². The van der Waals surface area contributed by atoms with Crippen LogP contribution in [0, 0.1) is 0 Å². The Hall–Kier alpha value is -0.800. The summed E-state index contributed by atoms with van der Waals surface area (Å²) in [6.07, 6.45) is 2.19. The fraction of sp³-hybridized carbons (Fsp3) is 0.636. The van der Waals surface area contributed by atoms with Gasteiger partial charge < -0.3 is 10.6 Å². The van der Waals surface area contributed by atoms with E-state index in [1.54, 1.807) is 0 Å². The van der Waals surface area contributed by atoms with Crippen molar-refractivity contribution in [2.45, 2.75) is 33.7 Å². The standard InChI is InChI=1S/C11H16N4O2S3/c1-7(9(17)15-4-2-3-5-15)19-11-14-13-10(20-11)18-6-8(12)16/h7H,2-6H2,1H3,(H2,12,16). The summed E-state index contributed by atoms with van der Waals surface area (Å²) >= 11 is 4.08. The lowest BCUT2D eigenvalue weighted by atomic mass is 10.4. The van der Waals surface area contributed by atoms with E-state index in [4.69, 9.17) is 5.73 Å². The van der Waals surface area contributed by atoms with Gasteiger partial charge in [-0.15, -0.1) is 10.2 Å². The monoisotopic (exact) mass is 332 g/mol. The summed E-state index contributed by atoms with van der Waals surface area (Å²) in [6.45, 7) is 3.61. The van der Waals surface area contributed by atoms with E-state index in [0.29, 0.717) is 4.34 Å². The van der Waals surface area contributed by atoms with Crippen molar-refractivity contribution in [2.24, 2.45) is 5.73 Å². The predicted molar refractivity (Wildman–Crippen MR) is 81.0 cm³/mol. The van der Waals surface area contributed by atoms with Crippen LogP contribution in [0.2, 0.25) is 0 Å². The average molecular weight is 332 g/mol. The van der Waals surface area contributed by atoms with Crippen LogP contribution in [0.25, 0.3) is 0 Å². The minimum Gasteiger partial charge on any atom is -0.369 e. The molecule has 1 saturated heterocycles. The van der Waals surface area contributed by atoms with E-state index in [2.05, 4.69) is 10.2 Å². The summed E-state index contributed by atoms with van der Waals surface area (Å²) in [6, 6.07) is 0. The van der Waals surface area contributed by atoms with Gasteiger partial charge in [-0.3, -0.25) is 9.59 Å². The number of rotatable bonds is 6. The molecule has 1 aromatic heterocycles. The van der Waals surface area contributed by atoms with Crippen LogP contribution in [0.3, 0.4) is 0 Å². The van der Waals surface area contributed by atoms with Crippen LogP contribution in [0.15, 0.2) is 8.68 Å². The maximum atomic E-state index is 12.2. The van der Waals surface area contributed by atoms with Gasteiger partial charge in [0.2, 0.25) is 11.8 Å². The van der Waals surface area contributed by atoms with Crippen molar-refractivity contribution in [3.63, 3.8) is 0 Å². The van der Waals surface area contributed by atoms with Crippen molar-refractivity contribution in [1.29, 1.82) is 0 Å². The highest BCUT2D eigenvalue weighted by atomic mass is 32.2. The lowest BCUT2D eigenvalue weighted by Gasteiger charge is -2.18. The minimum atomic E-state index is -0.378. The van der Waals surface area contributed by atoms with Gasteiger partial charge in [0.1, 0.15) is 0 Å². The maximum absolute atomic E-state index is 12.2. The largest absolute Gasteiger partial charge is 0.369 e. The second-order valence-electron chi connectivity index (χ2n) is 4.38. The first kappa shape index (κ1) is 15.6. The SMILES string of the molecule is CC(Sc1nnc(SCC(N)=O)s1)C(=O)N1CCCC1. The van der Waals surface area contributed by atoms with Crippen LogP contribution in [0.4, 0.5) is 0 Å². The first-order valence-corrected chi connectivity index (χ1v) is 8.94. The Labute approximate surface area is 129 Å². The molecule has 1 unspecified atom stereocenters. The highest BCUT2D eigenvalue weighted by Crippen LogP contribution is 2.31. The number of aromatic nitrogens is 2. The fourth-order valence-corrected chi connectivity index (χ4v) is 4.82. The predicted octanol–water partition coefficient (Wildman–Crippen LogP) is 1.22. The number of nitrogens with zero attached hydrogens (tertiary/aromatic N) is 3. The summed E-state index contributed by atoms with van der Waals surface area (Å²) in [5.41, 5.74) is 5.08. The topological polar surface area (TPSA) is 89.2 Å². The summed E-state index contributed by atoms with van der Waals surface area (Å²) in [5, 5.41) is 7.85. The Bertz CT molecular complexity index is 488. The minimum absolute atomic E-state index is 0.157. The molecule has 1 aliphatic heterocycles. The molecule has 2 rings (SSSR count). The molecule has 9 heteroatoms. The van der Waals surface area contributed by atoms with Crippen LogP contribution in [-0.2, 0) is 9.59 Å². The highest BCUT2D eigenvalue weighted by Gasteiger charge is 2.25.